The van der Waals surface area contributed by atoms with Crippen LogP contribution in [0.1, 0.15) is 104 Å². The van der Waals surface area contributed by atoms with Crippen LogP contribution in [0.4, 0.5) is 0 Å². The number of rotatable bonds is 41. The summed E-state index contributed by atoms with van der Waals surface area (Å²) in [6.07, 6.45) is 13.1. The van der Waals surface area contributed by atoms with E-state index >= 15 is 0 Å². The van der Waals surface area contributed by atoms with Gasteiger partial charge in [-0.2, -0.15) is 0 Å². The number of Topliss-reactive ketones (excluding diaryl/α,β-unsaturated/α-hetero) is 1. The number of hydrogen-bond donors (Lipinski definition) is 5. The number of ether oxygens (including phenoxy) is 6. The standard InChI is InChI=1S/C38H70N4O13/c1-3-4-5-6-7-8-9-10-11-12-13-14-35(45)42-33(38(48)49)15-16-34(44)39-17-20-50-24-27-54-30-37(47)41-19-22-52-25-28-55-31-36(46)40-18-21-51-23-26-53-29-32(2)43/h33H,3-31H2,1-2H3,(H,39,44)(H,40,46)(H,41,47)(H,42,45)(H,48,49)/t33-/m0/s1. The lowest BCUT2D eigenvalue weighted by Gasteiger charge is -2.14. The van der Waals surface area contributed by atoms with Crippen molar-refractivity contribution in [2.24, 2.45) is 0 Å². The molecule has 0 aromatic heterocycles. The molecule has 17 nitrogen and oxygen atoms in total. The minimum atomic E-state index is -1.17. The third-order valence-electron chi connectivity index (χ3n) is 7.89. The van der Waals surface area contributed by atoms with Crippen molar-refractivity contribution in [2.45, 2.75) is 110 Å². The average molecular weight is 791 g/mol. The first kappa shape index (κ1) is 51.8. The molecule has 0 rings (SSSR count). The Bertz CT molecular complexity index is 1020. The molecule has 17 heteroatoms. The quantitative estimate of drug-likeness (QED) is 0.0560. The highest BCUT2D eigenvalue weighted by atomic mass is 16.5. The molecule has 0 spiro atoms. The van der Waals surface area contributed by atoms with Crippen LogP contribution >= 0.6 is 0 Å². The van der Waals surface area contributed by atoms with Crippen LogP contribution in [0.25, 0.3) is 0 Å². The Morgan fingerprint density at radius 3 is 1.31 bits per heavy atom. The summed E-state index contributed by atoms with van der Waals surface area (Å²) in [4.78, 5) is 70.3. The summed E-state index contributed by atoms with van der Waals surface area (Å²) in [5.74, 6) is -2.48. The van der Waals surface area contributed by atoms with Gasteiger partial charge in [0.2, 0.25) is 23.6 Å². The van der Waals surface area contributed by atoms with Crippen molar-refractivity contribution in [3.63, 3.8) is 0 Å². The molecule has 0 heterocycles. The Labute approximate surface area is 327 Å². The fraction of sp³-hybridized carbons (Fsp3) is 0.842. The number of hydrogen-bond acceptors (Lipinski definition) is 12. The third kappa shape index (κ3) is 38.8. The van der Waals surface area contributed by atoms with Gasteiger partial charge in [-0.05, 0) is 19.8 Å². The van der Waals surface area contributed by atoms with Gasteiger partial charge in [0, 0.05) is 32.5 Å². The molecule has 0 aliphatic rings. The highest BCUT2D eigenvalue weighted by Gasteiger charge is 2.20. The molecule has 320 valence electrons. The van der Waals surface area contributed by atoms with Crippen molar-refractivity contribution in [3.8, 4) is 0 Å². The molecular weight excluding hydrogens is 720 g/mol. The van der Waals surface area contributed by atoms with Crippen molar-refractivity contribution in [1.29, 1.82) is 0 Å². The summed E-state index contributed by atoms with van der Waals surface area (Å²) < 4.78 is 31.6. The van der Waals surface area contributed by atoms with Gasteiger partial charge in [0.05, 0.1) is 59.5 Å². The van der Waals surface area contributed by atoms with Crippen LogP contribution in [-0.2, 0) is 57.2 Å². The molecular formula is C38H70N4O13. The zero-order chi connectivity index (χ0) is 40.6. The fourth-order valence-electron chi connectivity index (χ4n) is 4.93. The van der Waals surface area contributed by atoms with Crippen LogP contribution in [0.5, 0.6) is 0 Å². The maximum Gasteiger partial charge on any atom is 0.326 e. The van der Waals surface area contributed by atoms with E-state index in [1.54, 1.807) is 0 Å². The van der Waals surface area contributed by atoms with Gasteiger partial charge in [-0.1, -0.05) is 71.1 Å². The van der Waals surface area contributed by atoms with Gasteiger partial charge in [0.1, 0.15) is 25.9 Å². The first-order valence-corrected chi connectivity index (χ1v) is 19.9. The van der Waals surface area contributed by atoms with Crippen molar-refractivity contribution < 1.29 is 62.3 Å². The summed E-state index contributed by atoms with van der Waals surface area (Å²) >= 11 is 0. The monoisotopic (exact) mass is 790 g/mol. The molecule has 0 saturated carbocycles. The SMILES string of the molecule is CCCCCCCCCCCCCC(=O)N[C@@H](CCC(=O)NCCOCCOCC(=O)NCCOCCOCC(=O)NCCOCCOCC(C)=O)C(=O)O. The zero-order valence-electron chi connectivity index (χ0n) is 33.4. The van der Waals surface area contributed by atoms with E-state index < -0.39 is 12.0 Å². The number of carbonyl (C=O) groups is 6. The highest BCUT2D eigenvalue weighted by Crippen LogP contribution is 2.12. The first-order valence-electron chi connectivity index (χ1n) is 19.9. The van der Waals surface area contributed by atoms with Crippen molar-refractivity contribution in [2.75, 3.05) is 98.9 Å². The summed E-state index contributed by atoms with van der Waals surface area (Å²) in [5.41, 5.74) is 0. The third-order valence-corrected chi connectivity index (χ3v) is 7.89. The number of nitrogens with one attached hydrogen (secondary N) is 4. The Morgan fingerprint density at radius 1 is 0.473 bits per heavy atom. The number of carboxylic acids is 1. The average Bonchev–Trinajstić information content (AvgIpc) is 3.15. The topological polar surface area (TPSA) is 226 Å². The normalized spacial score (nSPS) is 11.5. The predicted octanol–water partition coefficient (Wildman–Crippen LogP) is 2.07. The van der Waals surface area contributed by atoms with E-state index in [2.05, 4.69) is 28.2 Å². The van der Waals surface area contributed by atoms with E-state index in [4.69, 9.17) is 28.4 Å². The fourth-order valence-corrected chi connectivity index (χ4v) is 4.93. The van der Waals surface area contributed by atoms with Crippen LogP contribution < -0.4 is 21.3 Å². The minimum absolute atomic E-state index is 0.00965. The van der Waals surface area contributed by atoms with E-state index in [-0.39, 0.29) is 121 Å². The largest absolute Gasteiger partial charge is 0.480 e. The van der Waals surface area contributed by atoms with E-state index in [9.17, 15) is 33.9 Å². The Kier molecular flexibility index (Phi) is 36.7. The predicted molar refractivity (Wildman–Crippen MR) is 205 cm³/mol. The van der Waals surface area contributed by atoms with Crippen LogP contribution in [0, 0.1) is 0 Å². The molecule has 0 unspecified atom stereocenters. The summed E-state index contributed by atoms with van der Waals surface area (Å²) in [7, 11) is 0. The van der Waals surface area contributed by atoms with Gasteiger partial charge < -0.3 is 54.8 Å². The molecule has 0 aromatic carbocycles. The second-order valence-corrected chi connectivity index (χ2v) is 13.0. The lowest BCUT2D eigenvalue weighted by molar-refractivity contribution is -0.142. The Hall–Kier alpha value is -3.22. The van der Waals surface area contributed by atoms with Crippen molar-refractivity contribution in [1.82, 2.24) is 21.3 Å². The van der Waals surface area contributed by atoms with Gasteiger partial charge >= 0.3 is 5.97 Å². The minimum Gasteiger partial charge on any atom is -0.480 e. The Morgan fingerprint density at radius 2 is 0.873 bits per heavy atom. The van der Waals surface area contributed by atoms with Crippen LogP contribution in [0.3, 0.4) is 0 Å². The molecule has 0 aliphatic carbocycles. The van der Waals surface area contributed by atoms with Gasteiger partial charge in [-0.25, -0.2) is 4.79 Å². The molecule has 5 N–H and O–H groups in total. The number of carboxylic acid groups (broad SMARTS) is 1. The number of ketones is 1. The maximum atomic E-state index is 12.2. The smallest absolute Gasteiger partial charge is 0.326 e. The van der Waals surface area contributed by atoms with Gasteiger partial charge in [0.25, 0.3) is 0 Å². The van der Waals surface area contributed by atoms with E-state index in [1.165, 1.54) is 51.9 Å². The second-order valence-electron chi connectivity index (χ2n) is 13.0. The molecule has 0 bridgehead atoms. The summed E-state index contributed by atoms with van der Waals surface area (Å²) in [6, 6.07) is -1.12. The molecule has 1 atom stereocenters. The lowest BCUT2D eigenvalue weighted by Crippen LogP contribution is -2.41. The molecule has 0 saturated heterocycles. The van der Waals surface area contributed by atoms with Crippen molar-refractivity contribution >= 4 is 35.4 Å². The molecule has 0 fully saturated rings. The van der Waals surface area contributed by atoms with Gasteiger partial charge in [-0.3, -0.25) is 24.0 Å². The summed E-state index contributed by atoms with van der Waals surface area (Å²) in [5, 5.41) is 20.0. The molecule has 0 aliphatic heterocycles. The number of carbonyl (C=O) groups excluding carboxylic acids is 5. The highest BCUT2D eigenvalue weighted by molar-refractivity contribution is 5.84. The zero-order valence-corrected chi connectivity index (χ0v) is 33.4. The molecule has 0 radical (unpaired) electrons. The van der Waals surface area contributed by atoms with Crippen LogP contribution in [0.2, 0.25) is 0 Å². The van der Waals surface area contributed by atoms with Crippen LogP contribution in [0.15, 0.2) is 0 Å². The van der Waals surface area contributed by atoms with Crippen molar-refractivity contribution in [3.05, 3.63) is 0 Å². The number of amides is 4. The van der Waals surface area contributed by atoms with Crippen LogP contribution in [-0.4, -0.2) is 145 Å². The number of unbranched alkanes of at least 4 members (excludes halogenated alkanes) is 10. The second kappa shape index (κ2) is 39.0. The maximum absolute atomic E-state index is 12.2. The molecule has 0 aromatic rings. The lowest BCUT2D eigenvalue weighted by atomic mass is 10.0. The molecule has 55 heavy (non-hydrogen) atoms. The molecule has 4 amide bonds. The van der Waals surface area contributed by atoms with Gasteiger partial charge in [-0.15, -0.1) is 0 Å². The summed E-state index contributed by atoms with van der Waals surface area (Å²) in [6.45, 7) is 6.53. The Balaban J connectivity index is 3.63. The van der Waals surface area contributed by atoms with E-state index in [0.29, 0.717) is 26.4 Å². The number of aliphatic carboxylic acids is 1. The van der Waals surface area contributed by atoms with E-state index in [0.717, 1.165) is 25.7 Å². The van der Waals surface area contributed by atoms with E-state index in [1.807, 2.05) is 0 Å². The first-order chi connectivity index (χ1) is 26.6. The van der Waals surface area contributed by atoms with Gasteiger partial charge in [0.15, 0.2) is 5.78 Å².